The minimum atomic E-state index is -1.35. The SMILES string of the molecule is COc1cccc(OC)c1OCC(=O)N[C@H](C(=O)N[C@@H]1C(=O)N2C(C(=O)O)=C(COC(C)=O)CS[C@H]12)c1ccccc1. The molecule has 3 amide bonds. The van der Waals surface area contributed by atoms with Gasteiger partial charge >= 0.3 is 11.9 Å². The van der Waals surface area contributed by atoms with E-state index in [1.165, 1.54) is 32.9 Å². The summed E-state index contributed by atoms with van der Waals surface area (Å²) in [6.45, 7) is 0.464. The Morgan fingerprint density at radius 2 is 1.71 bits per heavy atom. The number of benzene rings is 2. The molecule has 1 saturated heterocycles. The molecule has 0 bridgehead atoms. The number of hydrogen-bond acceptors (Lipinski definition) is 10. The van der Waals surface area contributed by atoms with Crippen molar-refractivity contribution in [1.82, 2.24) is 15.5 Å². The van der Waals surface area contributed by atoms with E-state index in [2.05, 4.69) is 10.6 Å². The number of nitrogens with one attached hydrogen (secondary N) is 2. The number of amides is 3. The molecule has 2 aliphatic rings. The number of hydrogen-bond donors (Lipinski definition) is 3. The van der Waals surface area contributed by atoms with E-state index in [1.54, 1.807) is 48.5 Å². The van der Waals surface area contributed by atoms with E-state index in [1.807, 2.05) is 0 Å². The lowest BCUT2D eigenvalue weighted by Crippen LogP contribution is -2.71. The Morgan fingerprint density at radius 3 is 2.31 bits per heavy atom. The van der Waals surface area contributed by atoms with Gasteiger partial charge in [-0.2, -0.15) is 0 Å². The third kappa shape index (κ3) is 6.43. The van der Waals surface area contributed by atoms with Gasteiger partial charge in [0, 0.05) is 18.2 Å². The van der Waals surface area contributed by atoms with Gasteiger partial charge in [0.1, 0.15) is 29.8 Å². The van der Waals surface area contributed by atoms with Gasteiger partial charge in [0.05, 0.1) is 14.2 Å². The van der Waals surface area contributed by atoms with Crippen LogP contribution in [0.4, 0.5) is 0 Å². The lowest BCUT2D eigenvalue weighted by molar-refractivity contribution is -0.151. The number of carboxylic acid groups (broad SMARTS) is 1. The quantitative estimate of drug-likeness (QED) is 0.237. The third-order valence-corrected chi connectivity index (χ3v) is 7.77. The van der Waals surface area contributed by atoms with E-state index in [-0.39, 0.29) is 29.4 Å². The van der Waals surface area contributed by atoms with Crippen LogP contribution >= 0.6 is 11.8 Å². The van der Waals surface area contributed by atoms with Gasteiger partial charge in [-0.15, -0.1) is 11.8 Å². The second-order valence-corrected chi connectivity index (χ2v) is 10.2. The molecular weight excluding hydrogens is 570 g/mol. The van der Waals surface area contributed by atoms with Crippen LogP contribution in [0.1, 0.15) is 18.5 Å². The average molecular weight is 600 g/mol. The molecule has 0 aliphatic carbocycles. The summed E-state index contributed by atoms with van der Waals surface area (Å²) < 4.78 is 21.2. The van der Waals surface area contributed by atoms with Crippen molar-refractivity contribution >= 4 is 41.4 Å². The van der Waals surface area contributed by atoms with E-state index < -0.39 is 53.7 Å². The molecule has 222 valence electrons. The highest BCUT2D eigenvalue weighted by Crippen LogP contribution is 2.41. The van der Waals surface area contributed by atoms with Gasteiger partial charge in [0.2, 0.25) is 11.7 Å². The number of para-hydroxylation sites is 1. The number of carbonyl (C=O) groups excluding carboxylic acids is 4. The first kappa shape index (κ1) is 30.2. The monoisotopic (exact) mass is 599 g/mol. The van der Waals surface area contributed by atoms with Gasteiger partial charge in [-0.05, 0) is 17.7 Å². The summed E-state index contributed by atoms with van der Waals surface area (Å²) >= 11 is 1.23. The summed E-state index contributed by atoms with van der Waals surface area (Å²) in [5.41, 5.74) is 0.457. The number of aliphatic carboxylic acids is 1. The van der Waals surface area contributed by atoms with E-state index in [9.17, 15) is 29.1 Å². The molecule has 2 aromatic carbocycles. The number of methoxy groups -OCH3 is 2. The van der Waals surface area contributed by atoms with Gasteiger partial charge < -0.3 is 34.7 Å². The second-order valence-electron chi connectivity index (χ2n) is 9.13. The summed E-state index contributed by atoms with van der Waals surface area (Å²) in [4.78, 5) is 63.7. The fraction of sp³-hybridized carbons (Fsp3) is 0.321. The zero-order valence-electron chi connectivity index (χ0n) is 22.9. The first-order valence-corrected chi connectivity index (χ1v) is 13.7. The topological polar surface area (TPSA) is 170 Å². The number of carboxylic acids is 1. The molecule has 0 saturated carbocycles. The summed E-state index contributed by atoms with van der Waals surface area (Å²) in [5, 5.41) is 14.4. The van der Waals surface area contributed by atoms with Crippen molar-refractivity contribution in [3.63, 3.8) is 0 Å². The summed E-state index contributed by atoms with van der Waals surface area (Å²) in [6, 6.07) is 11.2. The van der Waals surface area contributed by atoms with Crippen molar-refractivity contribution in [3.05, 3.63) is 65.4 Å². The first-order chi connectivity index (χ1) is 20.2. The van der Waals surface area contributed by atoms with Crippen LogP contribution in [0.15, 0.2) is 59.8 Å². The molecule has 1 fully saturated rings. The summed E-state index contributed by atoms with van der Waals surface area (Å²) in [5.74, 6) is -2.78. The molecule has 42 heavy (non-hydrogen) atoms. The number of fused-ring (bicyclic) bond motifs is 1. The minimum Gasteiger partial charge on any atom is -0.493 e. The number of nitrogens with zero attached hydrogens (tertiary/aromatic N) is 1. The highest BCUT2D eigenvalue weighted by atomic mass is 32.2. The Bertz CT molecular complexity index is 1390. The maximum atomic E-state index is 13.5. The summed E-state index contributed by atoms with van der Waals surface area (Å²) in [7, 11) is 2.89. The Labute approximate surface area is 245 Å². The van der Waals surface area contributed by atoms with Crippen LogP contribution in [0, 0.1) is 0 Å². The molecular formula is C28H29N3O10S. The first-order valence-electron chi connectivity index (χ1n) is 12.7. The van der Waals surface area contributed by atoms with Crippen molar-refractivity contribution in [2.45, 2.75) is 24.4 Å². The number of rotatable bonds is 12. The average Bonchev–Trinajstić information content (AvgIpc) is 2.99. The van der Waals surface area contributed by atoms with Crippen molar-refractivity contribution in [2.24, 2.45) is 0 Å². The normalized spacial score (nSPS) is 18.2. The summed E-state index contributed by atoms with van der Waals surface area (Å²) in [6.07, 6.45) is 0. The third-order valence-electron chi connectivity index (χ3n) is 6.43. The number of β-lactam (4-membered cyclic amide) rings is 1. The largest absolute Gasteiger partial charge is 0.493 e. The molecule has 2 heterocycles. The van der Waals surface area contributed by atoms with Crippen molar-refractivity contribution in [1.29, 1.82) is 0 Å². The predicted molar refractivity (Wildman–Crippen MR) is 149 cm³/mol. The van der Waals surface area contributed by atoms with Gasteiger partial charge in [-0.3, -0.25) is 24.1 Å². The predicted octanol–water partition coefficient (Wildman–Crippen LogP) is 1.24. The van der Waals surface area contributed by atoms with Crippen LogP contribution in [0.25, 0.3) is 0 Å². The zero-order valence-corrected chi connectivity index (χ0v) is 23.8. The molecule has 14 heteroatoms. The highest BCUT2D eigenvalue weighted by Gasteiger charge is 2.54. The van der Waals surface area contributed by atoms with Crippen LogP contribution in [-0.2, 0) is 28.7 Å². The van der Waals surface area contributed by atoms with Crippen molar-refractivity contribution in [3.8, 4) is 17.2 Å². The van der Waals surface area contributed by atoms with Gasteiger partial charge in [-0.1, -0.05) is 36.4 Å². The fourth-order valence-corrected chi connectivity index (χ4v) is 5.79. The van der Waals surface area contributed by atoms with Crippen LogP contribution in [0.3, 0.4) is 0 Å². The molecule has 13 nitrogen and oxygen atoms in total. The van der Waals surface area contributed by atoms with Gasteiger partial charge in [0.15, 0.2) is 18.1 Å². The van der Waals surface area contributed by atoms with Gasteiger partial charge in [0.25, 0.3) is 11.8 Å². The lowest BCUT2D eigenvalue weighted by atomic mass is 10.0. The highest BCUT2D eigenvalue weighted by molar-refractivity contribution is 8.00. The second kappa shape index (κ2) is 13.3. The van der Waals surface area contributed by atoms with E-state index in [0.717, 1.165) is 4.90 Å². The zero-order chi connectivity index (χ0) is 30.4. The minimum absolute atomic E-state index is 0.179. The van der Waals surface area contributed by atoms with Crippen LogP contribution in [0.2, 0.25) is 0 Å². The van der Waals surface area contributed by atoms with Crippen LogP contribution < -0.4 is 24.8 Å². The van der Waals surface area contributed by atoms with E-state index >= 15 is 0 Å². The molecule has 2 aliphatic heterocycles. The molecule has 0 spiro atoms. The van der Waals surface area contributed by atoms with Crippen molar-refractivity contribution in [2.75, 3.05) is 33.2 Å². The molecule has 4 rings (SSSR count). The fourth-order valence-electron chi connectivity index (χ4n) is 4.47. The van der Waals surface area contributed by atoms with Crippen molar-refractivity contribution < 1.29 is 48.0 Å². The Kier molecular flexibility index (Phi) is 9.57. The number of carbonyl (C=O) groups is 5. The maximum Gasteiger partial charge on any atom is 0.352 e. The smallest absolute Gasteiger partial charge is 0.352 e. The maximum absolute atomic E-state index is 13.5. The van der Waals surface area contributed by atoms with Crippen LogP contribution in [0.5, 0.6) is 17.2 Å². The standard InChI is InChI=1S/C28H29N3O10S/c1-15(32)40-12-17-14-42-27-22(26(35)31(27)23(17)28(36)37)30-25(34)21(16-8-5-4-6-9-16)29-20(33)13-41-24-18(38-2)10-7-11-19(24)39-3/h4-11,21-22,27H,12-14H2,1-3H3,(H,29,33)(H,30,34)(H,36,37)/t21-,22+,27+/m0/s1. The number of ether oxygens (including phenoxy) is 4. The molecule has 0 unspecified atom stereocenters. The number of thioether (sulfide) groups is 1. The van der Waals surface area contributed by atoms with Gasteiger partial charge in [-0.25, -0.2) is 4.79 Å². The molecule has 2 aromatic rings. The molecule has 3 N–H and O–H groups in total. The van der Waals surface area contributed by atoms with Crippen LogP contribution in [-0.4, -0.2) is 84.3 Å². The Morgan fingerprint density at radius 1 is 1.05 bits per heavy atom. The van der Waals surface area contributed by atoms with E-state index in [0.29, 0.717) is 17.1 Å². The Hall–Kier alpha value is -4.72. The number of esters is 1. The molecule has 3 atom stereocenters. The lowest BCUT2D eigenvalue weighted by Gasteiger charge is -2.49. The Balaban J connectivity index is 1.47. The molecule has 0 aromatic heterocycles. The van der Waals surface area contributed by atoms with E-state index in [4.69, 9.17) is 18.9 Å². The molecule has 0 radical (unpaired) electrons.